The maximum Gasteiger partial charge on any atom is 0.330 e. The van der Waals surface area contributed by atoms with Crippen molar-refractivity contribution < 1.29 is 24.9 Å². The van der Waals surface area contributed by atoms with Gasteiger partial charge >= 0.3 is 5.97 Å². The van der Waals surface area contributed by atoms with Crippen LogP contribution >= 0.6 is 0 Å². The summed E-state index contributed by atoms with van der Waals surface area (Å²) in [5.74, 6) is -0.538. The minimum atomic E-state index is -1.24. The van der Waals surface area contributed by atoms with Crippen molar-refractivity contribution >= 4 is 5.97 Å². The van der Waals surface area contributed by atoms with Crippen molar-refractivity contribution in [2.75, 3.05) is 0 Å². The number of carbonyl (C=O) groups is 1. The smallest absolute Gasteiger partial charge is 0.330 e. The van der Waals surface area contributed by atoms with Crippen LogP contribution in [0.4, 0.5) is 0 Å². The number of ether oxygens (including phenoxy) is 1. The van der Waals surface area contributed by atoms with Gasteiger partial charge in [0.2, 0.25) is 0 Å². The van der Waals surface area contributed by atoms with Gasteiger partial charge < -0.3 is 20.1 Å². The van der Waals surface area contributed by atoms with Gasteiger partial charge in [0.15, 0.2) is 0 Å². The van der Waals surface area contributed by atoms with Crippen molar-refractivity contribution in [2.45, 2.75) is 82.7 Å². The molecule has 0 aliphatic rings. The Bertz CT molecular complexity index is 405. The molecule has 0 saturated carbocycles. The zero-order chi connectivity index (χ0) is 19.1. The van der Waals surface area contributed by atoms with Crippen LogP contribution in [0.3, 0.4) is 0 Å². The van der Waals surface area contributed by atoms with Gasteiger partial charge in [-0.05, 0) is 38.2 Å². The maximum atomic E-state index is 11.9. The molecule has 0 amide bonds. The number of esters is 1. The molecule has 4 atom stereocenters. The quantitative estimate of drug-likeness (QED) is 0.182. The lowest BCUT2D eigenvalue weighted by atomic mass is 10.0. The monoisotopic (exact) mass is 354 g/mol. The summed E-state index contributed by atoms with van der Waals surface area (Å²) in [6.45, 7) is 9.30. The standard InChI is InChI=1S/C20H34O5/c1-4-7-9-12-17(11-8-5-2)25-20(24)14-13-18(22)19(23)15-16(21)10-6-3/h5-6,13-14,16-19,21-23H,2-4,7-12,15H2,1H3/b14-13+/t16-,17+,18+,19+/m0/s1. The topological polar surface area (TPSA) is 87.0 Å². The van der Waals surface area contributed by atoms with Gasteiger partial charge in [-0.15, -0.1) is 13.2 Å². The third-order valence-electron chi connectivity index (χ3n) is 3.88. The van der Waals surface area contributed by atoms with E-state index in [0.717, 1.165) is 44.6 Å². The summed E-state index contributed by atoms with van der Waals surface area (Å²) in [5.41, 5.74) is 0. The van der Waals surface area contributed by atoms with Crippen molar-refractivity contribution in [3.8, 4) is 0 Å². The van der Waals surface area contributed by atoms with E-state index in [1.165, 1.54) is 6.08 Å². The van der Waals surface area contributed by atoms with Crippen molar-refractivity contribution in [1.82, 2.24) is 0 Å². The van der Waals surface area contributed by atoms with Crippen molar-refractivity contribution in [3.05, 3.63) is 37.5 Å². The summed E-state index contributed by atoms with van der Waals surface area (Å²) in [6, 6.07) is 0. The minimum absolute atomic E-state index is 0.00551. The van der Waals surface area contributed by atoms with Gasteiger partial charge in [-0.25, -0.2) is 4.79 Å². The molecule has 0 spiro atoms. The Morgan fingerprint density at radius 2 is 1.84 bits per heavy atom. The normalized spacial score (nSPS) is 16.2. The van der Waals surface area contributed by atoms with E-state index in [1.54, 1.807) is 12.2 Å². The average Bonchev–Trinajstić information content (AvgIpc) is 2.57. The van der Waals surface area contributed by atoms with E-state index < -0.39 is 24.3 Å². The summed E-state index contributed by atoms with van der Waals surface area (Å²) < 4.78 is 5.42. The molecule has 0 aromatic carbocycles. The second-order valence-corrected chi connectivity index (χ2v) is 6.25. The average molecular weight is 354 g/mol. The summed E-state index contributed by atoms with van der Waals surface area (Å²) in [4.78, 5) is 11.9. The molecule has 0 aliphatic carbocycles. The number of allylic oxidation sites excluding steroid dienone is 1. The Morgan fingerprint density at radius 1 is 1.12 bits per heavy atom. The second-order valence-electron chi connectivity index (χ2n) is 6.25. The fourth-order valence-electron chi connectivity index (χ4n) is 2.40. The first-order valence-corrected chi connectivity index (χ1v) is 9.09. The number of rotatable bonds is 15. The number of hydrogen-bond donors (Lipinski definition) is 3. The molecule has 0 aliphatic heterocycles. The fourth-order valence-corrected chi connectivity index (χ4v) is 2.40. The largest absolute Gasteiger partial charge is 0.459 e. The molecular formula is C20H34O5. The van der Waals surface area contributed by atoms with Crippen molar-refractivity contribution in [1.29, 1.82) is 0 Å². The molecule has 5 heteroatoms. The molecule has 0 rings (SSSR count). The van der Waals surface area contributed by atoms with Crippen LogP contribution in [0.2, 0.25) is 0 Å². The maximum absolute atomic E-state index is 11.9. The molecule has 0 radical (unpaired) electrons. The van der Waals surface area contributed by atoms with E-state index in [9.17, 15) is 20.1 Å². The molecule has 0 bridgehead atoms. The Morgan fingerprint density at radius 3 is 2.44 bits per heavy atom. The predicted molar refractivity (Wildman–Crippen MR) is 100 cm³/mol. The Labute approximate surface area is 151 Å². The van der Waals surface area contributed by atoms with Crippen LogP contribution in [0.5, 0.6) is 0 Å². The molecule has 0 aromatic rings. The molecule has 5 nitrogen and oxygen atoms in total. The Balaban J connectivity index is 4.41. The molecule has 0 unspecified atom stereocenters. The Kier molecular flexibility index (Phi) is 14.0. The third-order valence-corrected chi connectivity index (χ3v) is 3.88. The highest BCUT2D eigenvalue weighted by Gasteiger charge is 2.18. The van der Waals surface area contributed by atoms with Crippen LogP contribution in [0.25, 0.3) is 0 Å². The second kappa shape index (κ2) is 14.9. The first kappa shape index (κ1) is 23.6. The van der Waals surface area contributed by atoms with Crippen LogP contribution in [0.15, 0.2) is 37.5 Å². The van der Waals surface area contributed by atoms with Crippen LogP contribution in [-0.4, -0.2) is 45.7 Å². The molecule has 0 fully saturated rings. The first-order chi connectivity index (χ1) is 11.9. The van der Waals surface area contributed by atoms with E-state index in [0.29, 0.717) is 6.42 Å². The van der Waals surface area contributed by atoms with Crippen LogP contribution in [0, 0.1) is 0 Å². The summed E-state index contributed by atoms with van der Waals surface area (Å²) in [7, 11) is 0. The van der Waals surface area contributed by atoms with E-state index >= 15 is 0 Å². The highest BCUT2D eigenvalue weighted by molar-refractivity contribution is 5.82. The lowest BCUT2D eigenvalue weighted by Gasteiger charge is -2.18. The SMILES string of the molecule is C=CCC[C@H](CCCCC)OC(=O)/C=C/[C@@H](O)[C@H](O)C[C@@H](O)CC=C. The van der Waals surface area contributed by atoms with Crippen molar-refractivity contribution in [2.24, 2.45) is 0 Å². The minimum Gasteiger partial charge on any atom is -0.459 e. The Hall–Kier alpha value is -1.43. The summed E-state index contributed by atoms with van der Waals surface area (Å²) in [5, 5.41) is 29.2. The lowest BCUT2D eigenvalue weighted by molar-refractivity contribution is -0.143. The van der Waals surface area contributed by atoms with Gasteiger partial charge in [0.05, 0.1) is 18.3 Å². The molecule has 0 heterocycles. The summed E-state index contributed by atoms with van der Waals surface area (Å²) in [6.07, 6.45) is 8.17. The number of unbranched alkanes of at least 4 members (excludes halogenated alkanes) is 2. The highest BCUT2D eigenvalue weighted by Crippen LogP contribution is 2.13. The summed E-state index contributed by atoms with van der Waals surface area (Å²) >= 11 is 0. The van der Waals surface area contributed by atoms with Crippen LogP contribution < -0.4 is 0 Å². The van der Waals surface area contributed by atoms with Gasteiger partial charge in [0.25, 0.3) is 0 Å². The number of hydrogen-bond acceptors (Lipinski definition) is 5. The highest BCUT2D eigenvalue weighted by atomic mass is 16.5. The van der Waals surface area contributed by atoms with Crippen molar-refractivity contribution in [3.63, 3.8) is 0 Å². The molecule has 0 saturated heterocycles. The van der Waals surface area contributed by atoms with E-state index in [1.807, 2.05) is 0 Å². The molecular weight excluding hydrogens is 320 g/mol. The fraction of sp³-hybridized carbons (Fsp3) is 0.650. The number of aliphatic hydroxyl groups excluding tert-OH is 3. The molecule has 3 N–H and O–H groups in total. The van der Waals surface area contributed by atoms with Gasteiger partial charge in [-0.2, -0.15) is 0 Å². The van der Waals surface area contributed by atoms with Gasteiger partial charge in [-0.3, -0.25) is 0 Å². The third kappa shape index (κ3) is 12.6. The predicted octanol–water partition coefficient (Wildman–Crippen LogP) is 3.05. The number of carbonyl (C=O) groups excluding carboxylic acids is 1. The van der Waals surface area contributed by atoms with Crippen LogP contribution in [0.1, 0.15) is 58.3 Å². The lowest BCUT2D eigenvalue weighted by Crippen LogP contribution is -2.28. The molecule has 144 valence electrons. The van der Waals surface area contributed by atoms with Gasteiger partial charge in [0, 0.05) is 12.5 Å². The molecule has 0 aromatic heterocycles. The first-order valence-electron chi connectivity index (χ1n) is 9.09. The zero-order valence-corrected chi connectivity index (χ0v) is 15.3. The van der Waals surface area contributed by atoms with Crippen LogP contribution in [-0.2, 0) is 9.53 Å². The number of aliphatic hydroxyl groups is 3. The molecule has 25 heavy (non-hydrogen) atoms. The van der Waals surface area contributed by atoms with E-state index in [2.05, 4.69) is 20.1 Å². The zero-order valence-electron chi connectivity index (χ0n) is 15.3. The van der Waals surface area contributed by atoms with E-state index in [-0.39, 0.29) is 12.5 Å². The van der Waals surface area contributed by atoms with Gasteiger partial charge in [-0.1, -0.05) is 31.9 Å². The van der Waals surface area contributed by atoms with E-state index in [4.69, 9.17) is 4.74 Å². The van der Waals surface area contributed by atoms with Gasteiger partial charge in [0.1, 0.15) is 6.10 Å².